The smallest absolute Gasteiger partial charge is 0.0464 e. The molecule has 0 aliphatic carbocycles. The standard InChI is InChI=1S/C34H31N/c1-3-26(2)31-15-10-16-34(25-31)35(32-21-17-29(18-22-32)27-11-6-4-7-12-27)33-23-19-30(20-24-33)28-13-8-5-9-14-28/h4-26H,3H2,1-2H3. The third-order valence-corrected chi connectivity index (χ3v) is 6.78. The van der Waals surface area contributed by atoms with Crippen molar-refractivity contribution in [1.82, 2.24) is 0 Å². The molecule has 0 N–H and O–H groups in total. The first-order valence-corrected chi connectivity index (χ1v) is 12.4. The van der Waals surface area contributed by atoms with Crippen molar-refractivity contribution in [2.75, 3.05) is 4.90 Å². The van der Waals surface area contributed by atoms with E-state index in [-0.39, 0.29) is 0 Å². The molecule has 0 aliphatic heterocycles. The molecule has 0 heterocycles. The molecule has 172 valence electrons. The van der Waals surface area contributed by atoms with E-state index in [1.807, 2.05) is 0 Å². The zero-order valence-corrected chi connectivity index (χ0v) is 20.4. The maximum absolute atomic E-state index is 2.36. The first-order chi connectivity index (χ1) is 17.2. The summed E-state index contributed by atoms with van der Waals surface area (Å²) in [5, 5.41) is 0. The highest BCUT2D eigenvalue weighted by Crippen LogP contribution is 2.38. The van der Waals surface area contributed by atoms with Gasteiger partial charge in [-0.05, 0) is 76.6 Å². The van der Waals surface area contributed by atoms with Crippen molar-refractivity contribution in [1.29, 1.82) is 0 Å². The first kappa shape index (κ1) is 22.7. The van der Waals surface area contributed by atoms with Crippen molar-refractivity contribution in [3.05, 3.63) is 139 Å². The lowest BCUT2D eigenvalue weighted by Gasteiger charge is -2.27. The Morgan fingerprint density at radius 2 is 0.943 bits per heavy atom. The molecule has 5 aromatic carbocycles. The molecule has 0 amide bonds. The van der Waals surface area contributed by atoms with Crippen LogP contribution in [0.4, 0.5) is 17.1 Å². The third kappa shape index (κ3) is 5.05. The molecule has 5 rings (SSSR count). The van der Waals surface area contributed by atoms with Crippen LogP contribution < -0.4 is 4.90 Å². The quantitative estimate of drug-likeness (QED) is 0.237. The van der Waals surface area contributed by atoms with Crippen molar-refractivity contribution in [2.24, 2.45) is 0 Å². The molecule has 5 aromatic rings. The van der Waals surface area contributed by atoms with Gasteiger partial charge in [-0.1, -0.05) is 111 Å². The minimum atomic E-state index is 0.526. The molecule has 35 heavy (non-hydrogen) atoms. The van der Waals surface area contributed by atoms with Gasteiger partial charge in [0.05, 0.1) is 0 Å². The van der Waals surface area contributed by atoms with E-state index >= 15 is 0 Å². The van der Waals surface area contributed by atoms with E-state index in [1.165, 1.54) is 33.5 Å². The van der Waals surface area contributed by atoms with Gasteiger partial charge in [0.15, 0.2) is 0 Å². The molecule has 0 fully saturated rings. The molecular formula is C34H31N. The summed E-state index contributed by atoms with van der Waals surface area (Å²) in [4.78, 5) is 2.36. The van der Waals surface area contributed by atoms with Crippen LogP contribution in [-0.2, 0) is 0 Å². The minimum Gasteiger partial charge on any atom is -0.310 e. The maximum atomic E-state index is 2.36. The molecule has 0 saturated heterocycles. The van der Waals surface area contributed by atoms with Crippen LogP contribution in [0.25, 0.3) is 22.3 Å². The Balaban J connectivity index is 1.56. The minimum absolute atomic E-state index is 0.526. The number of anilines is 3. The zero-order chi connectivity index (χ0) is 24.0. The van der Waals surface area contributed by atoms with E-state index in [0.717, 1.165) is 17.8 Å². The van der Waals surface area contributed by atoms with Gasteiger partial charge in [-0.25, -0.2) is 0 Å². The van der Waals surface area contributed by atoms with Crippen molar-refractivity contribution < 1.29 is 0 Å². The fourth-order valence-electron chi connectivity index (χ4n) is 4.52. The summed E-state index contributed by atoms with van der Waals surface area (Å²) in [6.45, 7) is 4.55. The summed E-state index contributed by atoms with van der Waals surface area (Å²) in [7, 11) is 0. The zero-order valence-electron chi connectivity index (χ0n) is 20.4. The Morgan fingerprint density at radius 1 is 0.486 bits per heavy atom. The normalized spacial score (nSPS) is 11.7. The van der Waals surface area contributed by atoms with Crippen LogP contribution in [0.1, 0.15) is 31.7 Å². The average molecular weight is 454 g/mol. The molecule has 0 saturated carbocycles. The lowest BCUT2D eigenvalue weighted by atomic mass is 9.97. The summed E-state index contributed by atoms with van der Waals surface area (Å²) in [6.07, 6.45) is 1.13. The van der Waals surface area contributed by atoms with Gasteiger partial charge in [0, 0.05) is 17.1 Å². The fraction of sp³-hybridized carbons (Fsp3) is 0.118. The first-order valence-electron chi connectivity index (χ1n) is 12.4. The Hall–Kier alpha value is -4.10. The van der Waals surface area contributed by atoms with Crippen LogP contribution in [0.2, 0.25) is 0 Å². The summed E-state index contributed by atoms with van der Waals surface area (Å²) < 4.78 is 0. The SMILES string of the molecule is CCC(C)c1cccc(N(c2ccc(-c3ccccc3)cc2)c2ccc(-c3ccccc3)cc2)c1. The number of rotatable bonds is 7. The molecule has 1 atom stereocenters. The summed E-state index contributed by atoms with van der Waals surface area (Å²) in [5.41, 5.74) is 9.77. The second-order valence-electron chi connectivity index (χ2n) is 9.07. The highest BCUT2D eigenvalue weighted by molar-refractivity contribution is 5.80. The second-order valence-corrected chi connectivity index (χ2v) is 9.07. The van der Waals surface area contributed by atoms with Crippen molar-refractivity contribution in [3.63, 3.8) is 0 Å². The largest absolute Gasteiger partial charge is 0.310 e. The van der Waals surface area contributed by atoms with Gasteiger partial charge in [0.1, 0.15) is 0 Å². The predicted molar refractivity (Wildman–Crippen MR) is 151 cm³/mol. The Kier molecular flexibility index (Phi) is 6.77. The van der Waals surface area contributed by atoms with Gasteiger partial charge in [-0.3, -0.25) is 0 Å². The van der Waals surface area contributed by atoms with Crippen LogP contribution in [0.15, 0.2) is 133 Å². The van der Waals surface area contributed by atoms with Crippen LogP contribution in [0.3, 0.4) is 0 Å². The lowest BCUT2D eigenvalue weighted by molar-refractivity contribution is 0.733. The van der Waals surface area contributed by atoms with Crippen LogP contribution in [0.5, 0.6) is 0 Å². The van der Waals surface area contributed by atoms with Crippen LogP contribution in [-0.4, -0.2) is 0 Å². The van der Waals surface area contributed by atoms with Gasteiger partial charge in [0.2, 0.25) is 0 Å². The predicted octanol–water partition coefficient (Wildman–Crippen LogP) is 10.0. The van der Waals surface area contributed by atoms with E-state index < -0.39 is 0 Å². The Labute approximate surface area is 209 Å². The topological polar surface area (TPSA) is 3.24 Å². The highest BCUT2D eigenvalue weighted by Gasteiger charge is 2.15. The number of hydrogen-bond donors (Lipinski definition) is 0. The Bertz CT molecular complexity index is 1270. The van der Waals surface area contributed by atoms with Crippen molar-refractivity contribution >= 4 is 17.1 Å². The van der Waals surface area contributed by atoms with Gasteiger partial charge in [-0.15, -0.1) is 0 Å². The molecule has 1 heteroatoms. The summed E-state index contributed by atoms with van der Waals surface area (Å²) in [5.74, 6) is 0.526. The second kappa shape index (κ2) is 10.4. The lowest BCUT2D eigenvalue weighted by Crippen LogP contribution is -2.10. The van der Waals surface area contributed by atoms with E-state index in [1.54, 1.807) is 0 Å². The van der Waals surface area contributed by atoms with Gasteiger partial charge in [-0.2, -0.15) is 0 Å². The fourth-order valence-corrected chi connectivity index (χ4v) is 4.52. The number of hydrogen-bond acceptors (Lipinski definition) is 1. The molecule has 1 unspecified atom stereocenters. The molecule has 1 nitrogen and oxygen atoms in total. The molecule has 0 bridgehead atoms. The number of nitrogens with zero attached hydrogens (tertiary/aromatic N) is 1. The Morgan fingerprint density at radius 3 is 1.40 bits per heavy atom. The van der Waals surface area contributed by atoms with Gasteiger partial charge < -0.3 is 4.90 Å². The van der Waals surface area contributed by atoms with E-state index in [9.17, 15) is 0 Å². The van der Waals surface area contributed by atoms with Crippen LogP contribution >= 0.6 is 0 Å². The molecule has 0 radical (unpaired) electrons. The molecule has 0 spiro atoms. The monoisotopic (exact) mass is 453 g/mol. The summed E-state index contributed by atoms with van der Waals surface area (Å²) >= 11 is 0. The molecule has 0 aromatic heterocycles. The average Bonchev–Trinajstić information content (AvgIpc) is 2.95. The van der Waals surface area contributed by atoms with E-state index in [4.69, 9.17) is 0 Å². The van der Waals surface area contributed by atoms with E-state index in [2.05, 4.69) is 152 Å². The number of benzene rings is 5. The van der Waals surface area contributed by atoms with Crippen molar-refractivity contribution in [3.8, 4) is 22.3 Å². The maximum Gasteiger partial charge on any atom is 0.0464 e. The van der Waals surface area contributed by atoms with Gasteiger partial charge >= 0.3 is 0 Å². The van der Waals surface area contributed by atoms with Gasteiger partial charge in [0.25, 0.3) is 0 Å². The third-order valence-electron chi connectivity index (χ3n) is 6.78. The van der Waals surface area contributed by atoms with Crippen molar-refractivity contribution in [2.45, 2.75) is 26.2 Å². The van der Waals surface area contributed by atoms with E-state index in [0.29, 0.717) is 5.92 Å². The molecular weight excluding hydrogens is 422 g/mol. The molecule has 0 aliphatic rings. The summed E-state index contributed by atoms with van der Waals surface area (Å²) in [6, 6.07) is 47.8. The highest BCUT2D eigenvalue weighted by atomic mass is 15.1. The van der Waals surface area contributed by atoms with Crippen LogP contribution in [0, 0.1) is 0 Å².